The second kappa shape index (κ2) is 5.02. The van der Waals surface area contributed by atoms with Crippen LogP contribution in [0.5, 0.6) is 0 Å². The van der Waals surface area contributed by atoms with Crippen molar-refractivity contribution in [2.24, 2.45) is 5.41 Å². The standard InChI is InChI=1S/C12H17ClN2O/c1-16-7-6-12(4-5-12)9-15-11-3-2-10(13)8-14-11/h2-3,8H,4-7,9H2,1H3,(H,14,15). The topological polar surface area (TPSA) is 34.1 Å². The molecule has 1 N–H and O–H groups in total. The largest absolute Gasteiger partial charge is 0.385 e. The Hall–Kier alpha value is -0.800. The normalized spacial score (nSPS) is 17.1. The van der Waals surface area contributed by atoms with Crippen LogP contribution in [0.3, 0.4) is 0 Å². The van der Waals surface area contributed by atoms with Crippen LogP contribution in [-0.2, 0) is 4.74 Å². The molecule has 0 bridgehead atoms. The molecule has 2 rings (SSSR count). The molecule has 0 atom stereocenters. The minimum absolute atomic E-state index is 0.442. The molecule has 0 radical (unpaired) electrons. The van der Waals surface area contributed by atoms with Crippen LogP contribution in [-0.4, -0.2) is 25.2 Å². The monoisotopic (exact) mass is 240 g/mol. The summed E-state index contributed by atoms with van der Waals surface area (Å²) < 4.78 is 5.12. The van der Waals surface area contributed by atoms with Gasteiger partial charge < -0.3 is 10.1 Å². The molecule has 1 heterocycles. The fraction of sp³-hybridized carbons (Fsp3) is 0.583. The van der Waals surface area contributed by atoms with Crippen molar-refractivity contribution >= 4 is 17.4 Å². The first kappa shape index (κ1) is 11.7. The van der Waals surface area contributed by atoms with Gasteiger partial charge in [-0.2, -0.15) is 0 Å². The number of ether oxygens (including phenoxy) is 1. The van der Waals surface area contributed by atoms with Gasteiger partial charge in [-0.05, 0) is 36.8 Å². The SMILES string of the molecule is COCCC1(CNc2ccc(Cl)cn2)CC1. The van der Waals surface area contributed by atoms with Crippen LogP contribution in [0.2, 0.25) is 5.02 Å². The third kappa shape index (κ3) is 3.09. The van der Waals surface area contributed by atoms with E-state index in [0.717, 1.165) is 25.4 Å². The van der Waals surface area contributed by atoms with E-state index >= 15 is 0 Å². The summed E-state index contributed by atoms with van der Waals surface area (Å²) in [5.41, 5.74) is 0.442. The van der Waals surface area contributed by atoms with E-state index in [2.05, 4.69) is 10.3 Å². The number of nitrogens with zero attached hydrogens (tertiary/aromatic N) is 1. The molecule has 0 unspecified atom stereocenters. The molecule has 88 valence electrons. The molecule has 1 aliphatic rings. The van der Waals surface area contributed by atoms with Crippen molar-refractivity contribution in [1.82, 2.24) is 4.98 Å². The highest BCUT2D eigenvalue weighted by Gasteiger charge is 2.41. The lowest BCUT2D eigenvalue weighted by Crippen LogP contribution is -2.17. The molecular weight excluding hydrogens is 224 g/mol. The highest BCUT2D eigenvalue weighted by molar-refractivity contribution is 6.30. The number of methoxy groups -OCH3 is 1. The van der Waals surface area contributed by atoms with Crippen LogP contribution in [0.25, 0.3) is 0 Å². The number of aromatic nitrogens is 1. The Balaban J connectivity index is 1.81. The molecule has 3 nitrogen and oxygen atoms in total. The van der Waals surface area contributed by atoms with E-state index in [9.17, 15) is 0 Å². The summed E-state index contributed by atoms with van der Waals surface area (Å²) in [6, 6.07) is 3.76. The summed E-state index contributed by atoms with van der Waals surface area (Å²) in [6.07, 6.45) is 5.37. The zero-order valence-corrected chi connectivity index (χ0v) is 10.3. The first-order valence-corrected chi connectivity index (χ1v) is 5.96. The first-order chi connectivity index (χ1) is 7.74. The highest BCUT2D eigenvalue weighted by Crippen LogP contribution is 2.48. The van der Waals surface area contributed by atoms with Crippen LogP contribution in [0.1, 0.15) is 19.3 Å². The van der Waals surface area contributed by atoms with Gasteiger partial charge >= 0.3 is 0 Å². The lowest BCUT2D eigenvalue weighted by atomic mass is 10.0. The summed E-state index contributed by atoms with van der Waals surface area (Å²) in [7, 11) is 1.75. The second-order valence-electron chi connectivity index (χ2n) is 4.46. The molecule has 0 aromatic carbocycles. The van der Waals surface area contributed by atoms with Crippen molar-refractivity contribution in [3.8, 4) is 0 Å². The van der Waals surface area contributed by atoms with Gasteiger partial charge in [-0.3, -0.25) is 0 Å². The van der Waals surface area contributed by atoms with Crippen molar-refractivity contribution in [2.45, 2.75) is 19.3 Å². The van der Waals surface area contributed by atoms with Gasteiger partial charge in [0.15, 0.2) is 0 Å². The lowest BCUT2D eigenvalue weighted by Gasteiger charge is -2.15. The van der Waals surface area contributed by atoms with Crippen molar-refractivity contribution in [3.63, 3.8) is 0 Å². The fourth-order valence-electron chi connectivity index (χ4n) is 1.77. The molecule has 1 saturated carbocycles. The number of hydrogen-bond donors (Lipinski definition) is 1. The van der Waals surface area contributed by atoms with E-state index in [4.69, 9.17) is 16.3 Å². The van der Waals surface area contributed by atoms with Gasteiger partial charge in [-0.25, -0.2) is 4.98 Å². The van der Waals surface area contributed by atoms with Gasteiger partial charge in [0.25, 0.3) is 0 Å². The summed E-state index contributed by atoms with van der Waals surface area (Å²) in [5.74, 6) is 0.896. The van der Waals surface area contributed by atoms with Crippen molar-refractivity contribution < 1.29 is 4.74 Å². The van der Waals surface area contributed by atoms with E-state index in [-0.39, 0.29) is 0 Å². The van der Waals surface area contributed by atoms with Crippen LogP contribution >= 0.6 is 11.6 Å². The summed E-state index contributed by atoms with van der Waals surface area (Å²) in [6.45, 7) is 1.82. The maximum absolute atomic E-state index is 5.78. The Morgan fingerprint density at radius 3 is 2.88 bits per heavy atom. The van der Waals surface area contributed by atoms with Gasteiger partial charge in [0.1, 0.15) is 5.82 Å². The van der Waals surface area contributed by atoms with Gasteiger partial charge in [-0.1, -0.05) is 11.6 Å². The molecule has 0 aliphatic heterocycles. The number of pyridine rings is 1. The highest BCUT2D eigenvalue weighted by atomic mass is 35.5. The van der Waals surface area contributed by atoms with Crippen LogP contribution in [0, 0.1) is 5.41 Å². The van der Waals surface area contributed by atoms with Crippen molar-refractivity contribution in [2.75, 3.05) is 25.6 Å². The van der Waals surface area contributed by atoms with E-state index < -0.39 is 0 Å². The molecule has 0 spiro atoms. The third-order valence-electron chi connectivity index (χ3n) is 3.17. The Bertz CT molecular complexity index is 335. The number of rotatable bonds is 6. The maximum atomic E-state index is 5.78. The molecule has 1 aliphatic carbocycles. The average Bonchev–Trinajstić information content (AvgIpc) is 3.07. The number of nitrogens with one attached hydrogen (secondary N) is 1. The average molecular weight is 241 g/mol. The zero-order valence-electron chi connectivity index (χ0n) is 9.50. The Morgan fingerprint density at radius 2 is 2.31 bits per heavy atom. The molecule has 1 aromatic rings. The predicted octanol–water partition coefficient (Wildman–Crippen LogP) is 2.96. The third-order valence-corrected chi connectivity index (χ3v) is 3.39. The summed E-state index contributed by atoms with van der Waals surface area (Å²) >= 11 is 5.78. The van der Waals surface area contributed by atoms with Gasteiger partial charge in [-0.15, -0.1) is 0 Å². The Kier molecular flexibility index (Phi) is 3.66. The molecular formula is C12H17ClN2O. The lowest BCUT2D eigenvalue weighted by molar-refractivity contribution is 0.175. The minimum Gasteiger partial charge on any atom is -0.385 e. The molecule has 1 aromatic heterocycles. The molecule has 0 saturated heterocycles. The van der Waals surface area contributed by atoms with E-state index in [0.29, 0.717) is 10.4 Å². The maximum Gasteiger partial charge on any atom is 0.126 e. The van der Waals surface area contributed by atoms with Gasteiger partial charge in [0.05, 0.1) is 5.02 Å². The molecule has 1 fully saturated rings. The quantitative estimate of drug-likeness (QED) is 0.830. The smallest absolute Gasteiger partial charge is 0.126 e. The Labute approximate surface area is 101 Å². The summed E-state index contributed by atoms with van der Waals surface area (Å²) in [5, 5.41) is 4.03. The van der Waals surface area contributed by atoms with E-state index in [1.165, 1.54) is 12.8 Å². The van der Waals surface area contributed by atoms with E-state index in [1.807, 2.05) is 12.1 Å². The van der Waals surface area contributed by atoms with Crippen LogP contribution < -0.4 is 5.32 Å². The molecule has 0 amide bonds. The van der Waals surface area contributed by atoms with Crippen molar-refractivity contribution in [1.29, 1.82) is 0 Å². The zero-order chi connectivity index (χ0) is 11.4. The second-order valence-corrected chi connectivity index (χ2v) is 4.89. The predicted molar refractivity (Wildman–Crippen MR) is 65.9 cm³/mol. The Morgan fingerprint density at radius 1 is 1.50 bits per heavy atom. The van der Waals surface area contributed by atoms with E-state index in [1.54, 1.807) is 13.3 Å². The molecule has 16 heavy (non-hydrogen) atoms. The summed E-state index contributed by atoms with van der Waals surface area (Å²) in [4.78, 5) is 4.22. The fourth-order valence-corrected chi connectivity index (χ4v) is 1.88. The number of halogens is 1. The van der Waals surface area contributed by atoms with Crippen LogP contribution in [0.15, 0.2) is 18.3 Å². The number of anilines is 1. The minimum atomic E-state index is 0.442. The molecule has 4 heteroatoms. The van der Waals surface area contributed by atoms with Crippen LogP contribution in [0.4, 0.5) is 5.82 Å². The van der Waals surface area contributed by atoms with Crippen molar-refractivity contribution in [3.05, 3.63) is 23.4 Å². The van der Waals surface area contributed by atoms with Gasteiger partial charge in [0.2, 0.25) is 0 Å². The number of hydrogen-bond acceptors (Lipinski definition) is 3. The van der Waals surface area contributed by atoms with Gasteiger partial charge in [0, 0.05) is 26.5 Å². The first-order valence-electron chi connectivity index (χ1n) is 5.58.